The predicted molar refractivity (Wildman–Crippen MR) is 111 cm³/mol. The number of hydrogen-bond acceptors (Lipinski definition) is 4. The van der Waals surface area contributed by atoms with Gasteiger partial charge in [-0.2, -0.15) is 0 Å². The first-order chi connectivity index (χ1) is 14.0. The highest BCUT2D eigenvalue weighted by molar-refractivity contribution is 7.12. The van der Waals surface area contributed by atoms with Gasteiger partial charge in [-0.05, 0) is 36.4 Å². The summed E-state index contributed by atoms with van der Waals surface area (Å²) in [5.41, 5.74) is 1.74. The lowest BCUT2D eigenvalue weighted by Crippen LogP contribution is -2.54. The number of thiophene rings is 1. The third-order valence-corrected chi connectivity index (χ3v) is 7.38. The zero-order chi connectivity index (χ0) is 20.1. The summed E-state index contributed by atoms with van der Waals surface area (Å²) in [6, 6.07) is 6.65. The molecule has 0 spiro atoms. The number of likely N-dealkylation sites (tertiary alicyclic amines) is 1. The van der Waals surface area contributed by atoms with E-state index in [-0.39, 0.29) is 29.2 Å². The molecule has 1 fully saturated rings. The predicted octanol–water partition coefficient (Wildman–Crippen LogP) is 2.42. The van der Waals surface area contributed by atoms with Gasteiger partial charge in [-0.3, -0.25) is 19.0 Å². The van der Waals surface area contributed by atoms with E-state index in [4.69, 9.17) is 0 Å². The van der Waals surface area contributed by atoms with Crippen LogP contribution >= 0.6 is 11.3 Å². The molecule has 5 rings (SSSR count). The molecule has 2 bridgehead atoms. The van der Waals surface area contributed by atoms with Crippen molar-refractivity contribution in [2.75, 3.05) is 26.2 Å². The standard InChI is InChI=1S/C22H23N3O3S/c1-14-7-10-29-20(14)22(28)24-12-15-11-16(13-24)19(21(27)23-8-2-3-9-23)25-17(15)5-4-6-18(25)26/h2-7,10,15-16,19H,8-9,11-13H2,1H3/t15-,16+,19-/m1/s1. The fourth-order valence-corrected chi connectivity index (χ4v) is 5.89. The van der Waals surface area contributed by atoms with Crippen LogP contribution in [0, 0.1) is 12.8 Å². The summed E-state index contributed by atoms with van der Waals surface area (Å²) < 4.78 is 1.71. The van der Waals surface area contributed by atoms with E-state index < -0.39 is 6.04 Å². The fourth-order valence-electron chi connectivity index (χ4n) is 5.00. The van der Waals surface area contributed by atoms with E-state index in [1.807, 2.05) is 41.5 Å². The first-order valence-electron chi connectivity index (χ1n) is 10.0. The molecule has 3 aliphatic rings. The minimum atomic E-state index is -0.546. The van der Waals surface area contributed by atoms with Crippen LogP contribution in [-0.2, 0) is 4.79 Å². The van der Waals surface area contributed by atoms with E-state index in [1.54, 1.807) is 15.5 Å². The molecule has 7 heteroatoms. The molecule has 2 amide bonds. The summed E-state index contributed by atoms with van der Waals surface area (Å²) in [6.45, 7) is 4.21. The minimum Gasteiger partial charge on any atom is -0.337 e. The van der Waals surface area contributed by atoms with Gasteiger partial charge in [-0.15, -0.1) is 11.3 Å². The summed E-state index contributed by atoms with van der Waals surface area (Å²) in [6.07, 6.45) is 4.79. The molecule has 3 atom stereocenters. The summed E-state index contributed by atoms with van der Waals surface area (Å²) in [5.74, 6) is 0.0360. The highest BCUT2D eigenvalue weighted by atomic mass is 32.1. The Balaban J connectivity index is 1.54. The fraction of sp³-hybridized carbons (Fsp3) is 0.409. The monoisotopic (exact) mass is 409 g/mol. The van der Waals surface area contributed by atoms with Gasteiger partial charge in [0.15, 0.2) is 0 Å². The number of carbonyl (C=O) groups excluding carboxylic acids is 2. The molecule has 0 aromatic carbocycles. The summed E-state index contributed by atoms with van der Waals surface area (Å²) >= 11 is 1.47. The average molecular weight is 410 g/mol. The van der Waals surface area contributed by atoms with Crippen LogP contribution in [0.2, 0.25) is 0 Å². The van der Waals surface area contributed by atoms with Gasteiger partial charge in [0.05, 0.1) is 4.88 Å². The first-order valence-corrected chi connectivity index (χ1v) is 10.9. The molecule has 0 unspecified atom stereocenters. The second-order valence-electron chi connectivity index (χ2n) is 8.15. The van der Waals surface area contributed by atoms with Crippen molar-refractivity contribution in [3.05, 3.63) is 68.3 Å². The second kappa shape index (κ2) is 6.99. The average Bonchev–Trinajstić information content (AvgIpc) is 3.40. The van der Waals surface area contributed by atoms with Crippen molar-refractivity contribution in [1.29, 1.82) is 0 Å². The van der Waals surface area contributed by atoms with Gasteiger partial charge in [0.2, 0.25) is 5.91 Å². The summed E-state index contributed by atoms with van der Waals surface area (Å²) in [4.78, 5) is 43.8. The molecular formula is C22H23N3O3S. The Morgan fingerprint density at radius 2 is 1.86 bits per heavy atom. The highest BCUT2D eigenvalue weighted by Gasteiger charge is 2.46. The normalized spacial score (nSPS) is 25.2. The lowest BCUT2D eigenvalue weighted by molar-refractivity contribution is -0.136. The Labute approximate surface area is 173 Å². The van der Waals surface area contributed by atoms with Gasteiger partial charge >= 0.3 is 0 Å². The van der Waals surface area contributed by atoms with Gasteiger partial charge in [0.1, 0.15) is 6.04 Å². The van der Waals surface area contributed by atoms with Crippen LogP contribution in [-0.4, -0.2) is 52.4 Å². The van der Waals surface area contributed by atoms with Crippen LogP contribution < -0.4 is 5.56 Å². The number of amides is 2. The zero-order valence-corrected chi connectivity index (χ0v) is 17.1. The lowest BCUT2D eigenvalue weighted by Gasteiger charge is -2.46. The molecule has 0 radical (unpaired) electrons. The number of aryl methyl sites for hydroxylation is 1. The highest BCUT2D eigenvalue weighted by Crippen LogP contribution is 2.42. The molecule has 150 valence electrons. The lowest BCUT2D eigenvalue weighted by atomic mass is 9.78. The molecule has 6 nitrogen and oxygen atoms in total. The number of piperidine rings is 1. The molecule has 3 aliphatic heterocycles. The largest absolute Gasteiger partial charge is 0.337 e. The van der Waals surface area contributed by atoms with E-state index in [1.165, 1.54) is 17.4 Å². The molecule has 0 N–H and O–H groups in total. The topological polar surface area (TPSA) is 62.6 Å². The molecule has 29 heavy (non-hydrogen) atoms. The molecule has 5 heterocycles. The van der Waals surface area contributed by atoms with Gasteiger partial charge in [0.25, 0.3) is 11.5 Å². The van der Waals surface area contributed by atoms with E-state index in [9.17, 15) is 14.4 Å². The van der Waals surface area contributed by atoms with Crippen LogP contribution in [0.25, 0.3) is 0 Å². The summed E-state index contributed by atoms with van der Waals surface area (Å²) in [5, 5.41) is 1.94. The van der Waals surface area contributed by atoms with Crippen LogP contribution in [0.1, 0.15) is 39.3 Å². The smallest absolute Gasteiger partial charge is 0.264 e. The van der Waals surface area contributed by atoms with Crippen LogP contribution in [0.15, 0.2) is 46.6 Å². The maximum atomic E-state index is 13.4. The van der Waals surface area contributed by atoms with Crippen molar-refractivity contribution >= 4 is 23.2 Å². The second-order valence-corrected chi connectivity index (χ2v) is 9.07. The van der Waals surface area contributed by atoms with E-state index in [2.05, 4.69) is 0 Å². The Morgan fingerprint density at radius 1 is 1.07 bits per heavy atom. The van der Waals surface area contributed by atoms with Crippen LogP contribution in [0.4, 0.5) is 0 Å². The quantitative estimate of drug-likeness (QED) is 0.716. The molecule has 1 saturated heterocycles. The zero-order valence-electron chi connectivity index (χ0n) is 16.3. The molecule has 2 aromatic heterocycles. The number of hydrogen-bond donors (Lipinski definition) is 0. The SMILES string of the molecule is Cc1ccsc1C(=O)N1C[C@H]2C[C@@H](C1)[C@H](C(=O)N1CC=CC1)n1c2cccc1=O. The van der Waals surface area contributed by atoms with Gasteiger partial charge < -0.3 is 9.80 Å². The van der Waals surface area contributed by atoms with Crippen molar-refractivity contribution < 1.29 is 9.59 Å². The Kier molecular flexibility index (Phi) is 4.42. The molecule has 2 aromatic rings. The van der Waals surface area contributed by atoms with Gasteiger partial charge in [-0.1, -0.05) is 18.2 Å². The maximum Gasteiger partial charge on any atom is 0.264 e. The van der Waals surface area contributed by atoms with E-state index >= 15 is 0 Å². The molecular weight excluding hydrogens is 386 g/mol. The van der Waals surface area contributed by atoms with Crippen LogP contribution in [0.3, 0.4) is 0 Å². The van der Waals surface area contributed by atoms with E-state index in [0.29, 0.717) is 26.2 Å². The molecule has 0 aliphatic carbocycles. The Hall–Kier alpha value is -2.67. The van der Waals surface area contributed by atoms with E-state index in [0.717, 1.165) is 22.6 Å². The summed E-state index contributed by atoms with van der Waals surface area (Å²) in [7, 11) is 0. The number of fused-ring (bicyclic) bond motifs is 4. The number of nitrogens with zero attached hydrogens (tertiary/aromatic N) is 3. The van der Waals surface area contributed by atoms with Crippen molar-refractivity contribution in [3.63, 3.8) is 0 Å². The number of aromatic nitrogens is 1. The number of pyridine rings is 1. The van der Waals surface area contributed by atoms with Crippen molar-refractivity contribution in [2.45, 2.75) is 25.3 Å². The Morgan fingerprint density at radius 3 is 2.59 bits per heavy atom. The maximum absolute atomic E-state index is 13.4. The number of rotatable bonds is 2. The minimum absolute atomic E-state index is 0.0189. The van der Waals surface area contributed by atoms with Crippen molar-refractivity contribution in [3.8, 4) is 0 Å². The van der Waals surface area contributed by atoms with Gasteiger partial charge in [-0.25, -0.2) is 0 Å². The first kappa shape index (κ1) is 18.4. The molecule has 0 saturated carbocycles. The third kappa shape index (κ3) is 2.95. The number of carbonyl (C=O) groups is 2. The third-order valence-electron chi connectivity index (χ3n) is 6.37. The van der Waals surface area contributed by atoms with Crippen molar-refractivity contribution in [1.82, 2.24) is 14.4 Å². The Bertz CT molecular complexity index is 1060. The van der Waals surface area contributed by atoms with Gasteiger partial charge in [0, 0.05) is 49.8 Å². The van der Waals surface area contributed by atoms with Crippen LogP contribution in [0.5, 0.6) is 0 Å². The van der Waals surface area contributed by atoms with Crippen molar-refractivity contribution in [2.24, 2.45) is 5.92 Å².